The van der Waals surface area contributed by atoms with Gasteiger partial charge in [-0.2, -0.15) is 5.26 Å². The van der Waals surface area contributed by atoms with Crippen LogP contribution in [0.5, 0.6) is 0 Å². The van der Waals surface area contributed by atoms with Gasteiger partial charge in [-0.1, -0.05) is 0 Å². The number of nitrogens with zero attached hydrogens (tertiary/aromatic N) is 3. The van der Waals surface area contributed by atoms with Crippen LogP contribution in [0.2, 0.25) is 0 Å². The van der Waals surface area contributed by atoms with Crippen LogP contribution < -0.4 is 5.32 Å². The third-order valence-electron chi connectivity index (χ3n) is 3.00. The molecule has 106 valence electrons. The van der Waals surface area contributed by atoms with Gasteiger partial charge in [0.25, 0.3) is 0 Å². The lowest BCUT2D eigenvalue weighted by molar-refractivity contribution is 0.266. The molecular formula is C14H30N4. The highest BCUT2D eigenvalue weighted by Gasteiger charge is 2.23. The van der Waals surface area contributed by atoms with E-state index in [9.17, 15) is 5.26 Å². The van der Waals surface area contributed by atoms with E-state index in [1.165, 1.54) is 0 Å². The molecule has 4 nitrogen and oxygen atoms in total. The number of hydrogen-bond donors (Lipinski definition) is 1. The second kappa shape index (κ2) is 8.47. The topological polar surface area (TPSA) is 42.3 Å². The van der Waals surface area contributed by atoms with Gasteiger partial charge in [-0.25, -0.2) is 0 Å². The number of likely N-dealkylation sites (N-methyl/N-ethyl adjacent to an activating group) is 2. The van der Waals surface area contributed by atoms with Gasteiger partial charge in [-0.15, -0.1) is 0 Å². The fourth-order valence-electron chi connectivity index (χ4n) is 1.98. The normalized spacial score (nSPS) is 15.1. The van der Waals surface area contributed by atoms with Gasteiger partial charge in [0.2, 0.25) is 0 Å². The molecule has 0 aromatic heterocycles. The molecule has 0 fully saturated rings. The predicted octanol–water partition coefficient (Wildman–Crippen LogP) is 1.54. The molecule has 1 atom stereocenters. The molecule has 0 radical (unpaired) electrons. The lowest BCUT2D eigenvalue weighted by atomic mass is 9.96. The summed E-state index contributed by atoms with van der Waals surface area (Å²) in [5.41, 5.74) is -0.392. The molecule has 0 saturated carbocycles. The lowest BCUT2D eigenvalue weighted by Crippen LogP contribution is -2.45. The molecule has 0 aliphatic heterocycles. The van der Waals surface area contributed by atoms with Crippen molar-refractivity contribution >= 4 is 0 Å². The maximum absolute atomic E-state index is 9.24. The Morgan fingerprint density at radius 2 is 1.78 bits per heavy atom. The van der Waals surface area contributed by atoms with E-state index in [0.717, 1.165) is 32.5 Å². The van der Waals surface area contributed by atoms with Crippen LogP contribution in [-0.4, -0.2) is 62.2 Å². The summed E-state index contributed by atoms with van der Waals surface area (Å²) in [4.78, 5) is 4.52. The van der Waals surface area contributed by atoms with Crippen LogP contribution in [0.3, 0.4) is 0 Å². The summed E-state index contributed by atoms with van der Waals surface area (Å²) in [5.74, 6) is 0. The van der Waals surface area contributed by atoms with Crippen molar-refractivity contribution in [3.05, 3.63) is 0 Å². The second-order valence-corrected chi connectivity index (χ2v) is 5.95. The number of nitriles is 1. The molecule has 0 spiro atoms. The molecule has 0 rings (SSSR count). The zero-order chi connectivity index (χ0) is 14.2. The first-order valence-electron chi connectivity index (χ1n) is 6.81. The molecule has 0 aromatic carbocycles. The SMILES string of the molecule is CC(C)NC(C)(C#N)CCCN(C)CCN(C)C. The van der Waals surface area contributed by atoms with E-state index in [2.05, 4.69) is 56.2 Å². The summed E-state index contributed by atoms with van der Waals surface area (Å²) in [5, 5.41) is 12.6. The van der Waals surface area contributed by atoms with Crippen LogP contribution in [0.1, 0.15) is 33.6 Å². The molecule has 4 heteroatoms. The molecular weight excluding hydrogens is 224 g/mol. The summed E-state index contributed by atoms with van der Waals surface area (Å²) in [7, 11) is 6.32. The van der Waals surface area contributed by atoms with Crippen LogP contribution in [0.25, 0.3) is 0 Å². The maximum atomic E-state index is 9.24. The van der Waals surface area contributed by atoms with Crippen molar-refractivity contribution in [1.29, 1.82) is 5.26 Å². The monoisotopic (exact) mass is 254 g/mol. The highest BCUT2D eigenvalue weighted by molar-refractivity contribution is 5.04. The Labute approximate surface area is 113 Å². The van der Waals surface area contributed by atoms with Crippen molar-refractivity contribution in [2.24, 2.45) is 0 Å². The van der Waals surface area contributed by atoms with Crippen molar-refractivity contribution < 1.29 is 0 Å². The van der Waals surface area contributed by atoms with Gasteiger partial charge in [-0.05, 0) is 61.3 Å². The third-order valence-corrected chi connectivity index (χ3v) is 3.00. The van der Waals surface area contributed by atoms with E-state index >= 15 is 0 Å². The van der Waals surface area contributed by atoms with E-state index < -0.39 is 5.54 Å². The third kappa shape index (κ3) is 8.46. The standard InChI is InChI=1S/C14H30N4/c1-13(2)16-14(3,12-15)8-7-9-18(6)11-10-17(4)5/h13,16H,7-11H2,1-6H3. The molecule has 0 saturated heterocycles. The molecule has 0 aliphatic carbocycles. The Hall–Kier alpha value is -0.630. The summed E-state index contributed by atoms with van der Waals surface area (Å²) in [6, 6.07) is 2.74. The van der Waals surface area contributed by atoms with Crippen LogP contribution >= 0.6 is 0 Å². The fraction of sp³-hybridized carbons (Fsp3) is 0.929. The minimum absolute atomic E-state index is 0.348. The Balaban J connectivity index is 3.90. The molecule has 0 aliphatic rings. The fourth-order valence-corrected chi connectivity index (χ4v) is 1.98. The van der Waals surface area contributed by atoms with Gasteiger partial charge in [0.05, 0.1) is 6.07 Å². The predicted molar refractivity (Wildman–Crippen MR) is 77.6 cm³/mol. The highest BCUT2D eigenvalue weighted by Crippen LogP contribution is 2.12. The minimum atomic E-state index is -0.392. The van der Waals surface area contributed by atoms with Gasteiger partial charge >= 0.3 is 0 Å². The zero-order valence-corrected chi connectivity index (χ0v) is 13.0. The van der Waals surface area contributed by atoms with Crippen LogP contribution in [0.4, 0.5) is 0 Å². The van der Waals surface area contributed by atoms with Crippen molar-refractivity contribution in [1.82, 2.24) is 15.1 Å². The molecule has 0 bridgehead atoms. The van der Waals surface area contributed by atoms with E-state index in [1.807, 2.05) is 6.92 Å². The van der Waals surface area contributed by atoms with E-state index in [4.69, 9.17) is 0 Å². The van der Waals surface area contributed by atoms with Gasteiger partial charge < -0.3 is 9.80 Å². The van der Waals surface area contributed by atoms with Crippen LogP contribution in [0.15, 0.2) is 0 Å². The largest absolute Gasteiger partial charge is 0.308 e. The summed E-state index contributed by atoms with van der Waals surface area (Å²) >= 11 is 0. The van der Waals surface area contributed by atoms with Crippen molar-refractivity contribution in [2.45, 2.75) is 45.2 Å². The Morgan fingerprint density at radius 3 is 2.22 bits per heavy atom. The first-order chi connectivity index (χ1) is 8.29. The summed E-state index contributed by atoms with van der Waals surface area (Å²) in [6.45, 7) is 9.36. The van der Waals surface area contributed by atoms with Crippen LogP contribution in [-0.2, 0) is 0 Å². The number of nitrogens with one attached hydrogen (secondary N) is 1. The van der Waals surface area contributed by atoms with Crippen molar-refractivity contribution in [3.8, 4) is 6.07 Å². The molecule has 18 heavy (non-hydrogen) atoms. The van der Waals surface area contributed by atoms with Crippen molar-refractivity contribution in [2.75, 3.05) is 40.8 Å². The second-order valence-electron chi connectivity index (χ2n) is 5.95. The highest BCUT2D eigenvalue weighted by atomic mass is 15.1. The zero-order valence-electron chi connectivity index (χ0n) is 13.0. The molecule has 0 heterocycles. The van der Waals surface area contributed by atoms with E-state index in [-0.39, 0.29) is 0 Å². The van der Waals surface area contributed by atoms with Crippen LogP contribution in [0, 0.1) is 11.3 Å². The number of hydrogen-bond acceptors (Lipinski definition) is 4. The van der Waals surface area contributed by atoms with Crippen molar-refractivity contribution in [3.63, 3.8) is 0 Å². The maximum Gasteiger partial charge on any atom is 0.104 e. The first kappa shape index (κ1) is 17.4. The average molecular weight is 254 g/mol. The van der Waals surface area contributed by atoms with E-state index in [0.29, 0.717) is 6.04 Å². The van der Waals surface area contributed by atoms with E-state index in [1.54, 1.807) is 0 Å². The quantitative estimate of drug-likeness (QED) is 0.678. The lowest BCUT2D eigenvalue weighted by Gasteiger charge is -2.27. The van der Waals surface area contributed by atoms with Gasteiger partial charge in [0.15, 0.2) is 0 Å². The Bertz CT molecular complexity index is 257. The minimum Gasteiger partial charge on any atom is -0.308 e. The molecule has 1 N–H and O–H groups in total. The smallest absolute Gasteiger partial charge is 0.104 e. The molecule has 0 aromatic rings. The Morgan fingerprint density at radius 1 is 1.17 bits per heavy atom. The average Bonchev–Trinajstić information content (AvgIpc) is 2.25. The van der Waals surface area contributed by atoms with Gasteiger partial charge in [0, 0.05) is 19.1 Å². The Kier molecular flexibility index (Phi) is 8.17. The van der Waals surface area contributed by atoms with Gasteiger partial charge in [0.1, 0.15) is 5.54 Å². The number of rotatable bonds is 9. The van der Waals surface area contributed by atoms with Gasteiger partial charge in [-0.3, -0.25) is 5.32 Å². The summed E-state index contributed by atoms with van der Waals surface area (Å²) < 4.78 is 0. The summed E-state index contributed by atoms with van der Waals surface area (Å²) in [6.07, 6.45) is 1.95. The first-order valence-corrected chi connectivity index (χ1v) is 6.81. The molecule has 1 unspecified atom stereocenters. The molecule has 0 amide bonds.